The van der Waals surface area contributed by atoms with Crippen molar-refractivity contribution in [1.82, 2.24) is 9.78 Å². The zero-order valence-electron chi connectivity index (χ0n) is 14.3. The van der Waals surface area contributed by atoms with Gasteiger partial charge in [0.05, 0.1) is 17.6 Å². The van der Waals surface area contributed by atoms with Crippen LogP contribution in [0.4, 0.5) is 23.7 Å². The van der Waals surface area contributed by atoms with Crippen LogP contribution in [0.2, 0.25) is 0 Å². The van der Waals surface area contributed by atoms with Gasteiger partial charge in [-0.05, 0) is 24.1 Å². The van der Waals surface area contributed by atoms with Crippen LogP contribution in [0.25, 0.3) is 5.69 Å². The van der Waals surface area contributed by atoms with Gasteiger partial charge in [-0.15, -0.1) is 0 Å². The van der Waals surface area contributed by atoms with Crippen molar-refractivity contribution < 1.29 is 22.7 Å². The summed E-state index contributed by atoms with van der Waals surface area (Å²) < 4.78 is 46.6. The van der Waals surface area contributed by atoms with E-state index in [1.54, 1.807) is 55.5 Å². The average Bonchev–Trinajstić information content (AvgIpc) is 3.05. The molecule has 0 bridgehead atoms. The van der Waals surface area contributed by atoms with Gasteiger partial charge in [-0.2, -0.15) is 18.3 Å². The monoisotopic (exact) mass is 375 g/mol. The molecule has 2 aromatic carbocycles. The highest BCUT2D eigenvalue weighted by Crippen LogP contribution is 2.36. The topological polar surface area (TPSA) is 56.2 Å². The lowest BCUT2D eigenvalue weighted by molar-refractivity contribution is -0.142. The SMILES string of the molecule is Cc1ccccc1-n1ncc(NC(=O)OCc2ccccc2)c1C(F)(F)F. The van der Waals surface area contributed by atoms with E-state index in [1.807, 2.05) is 0 Å². The van der Waals surface area contributed by atoms with Gasteiger partial charge >= 0.3 is 12.3 Å². The van der Waals surface area contributed by atoms with E-state index in [4.69, 9.17) is 4.74 Å². The molecule has 1 N–H and O–H groups in total. The summed E-state index contributed by atoms with van der Waals surface area (Å²) in [5.74, 6) is 0. The van der Waals surface area contributed by atoms with Gasteiger partial charge in [0.15, 0.2) is 5.69 Å². The van der Waals surface area contributed by atoms with Crippen molar-refractivity contribution in [3.05, 3.63) is 77.6 Å². The highest BCUT2D eigenvalue weighted by atomic mass is 19.4. The fraction of sp³-hybridized carbons (Fsp3) is 0.158. The van der Waals surface area contributed by atoms with E-state index in [-0.39, 0.29) is 12.3 Å². The van der Waals surface area contributed by atoms with Gasteiger partial charge in [0, 0.05) is 0 Å². The minimum absolute atomic E-state index is 0.0556. The Morgan fingerprint density at radius 1 is 1.11 bits per heavy atom. The van der Waals surface area contributed by atoms with Crippen molar-refractivity contribution in [3.63, 3.8) is 0 Å². The molecule has 0 aliphatic rings. The first-order valence-corrected chi connectivity index (χ1v) is 8.05. The number of hydrogen-bond donors (Lipinski definition) is 1. The highest BCUT2D eigenvalue weighted by Gasteiger charge is 2.39. The van der Waals surface area contributed by atoms with Gasteiger partial charge in [-0.25, -0.2) is 9.48 Å². The Kier molecular flexibility index (Phi) is 5.16. The summed E-state index contributed by atoms with van der Waals surface area (Å²) in [6, 6.07) is 15.4. The molecule has 5 nitrogen and oxygen atoms in total. The van der Waals surface area contributed by atoms with Gasteiger partial charge in [0.2, 0.25) is 0 Å². The van der Waals surface area contributed by atoms with Gasteiger partial charge in [-0.1, -0.05) is 48.5 Å². The average molecular weight is 375 g/mol. The maximum atomic E-state index is 13.6. The van der Waals surface area contributed by atoms with Crippen molar-refractivity contribution in [2.24, 2.45) is 0 Å². The third kappa shape index (κ3) is 4.28. The number of halogens is 3. The van der Waals surface area contributed by atoms with Crippen molar-refractivity contribution >= 4 is 11.8 Å². The van der Waals surface area contributed by atoms with Crippen molar-refractivity contribution in [1.29, 1.82) is 0 Å². The largest absolute Gasteiger partial charge is 0.444 e. The lowest BCUT2D eigenvalue weighted by atomic mass is 10.2. The van der Waals surface area contributed by atoms with E-state index in [0.717, 1.165) is 16.4 Å². The number of para-hydroxylation sites is 1. The molecule has 0 saturated heterocycles. The predicted molar refractivity (Wildman–Crippen MR) is 93.6 cm³/mol. The van der Waals surface area contributed by atoms with Crippen molar-refractivity contribution in [2.75, 3.05) is 5.32 Å². The molecule has 3 rings (SSSR count). The molecule has 0 atom stereocenters. The first-order chi connectivity index (χ1) is 12.9. The molecule has 8 heteroatoms. The lowest BCUT2D eigenvalue weighted by Crippen LogP contribution is -2.19. The van der Waals surface area contributed by atoms with Crippen LogP contribution in [0, 0.1) is 6.92 Å². The molecule has 0 radical (unpaired) electrons. The maximum absolute atomic E-state index is 13.6. The standard InChI is InChI=1S/C19H16F3N3O2/c1-13-7-5-6-10-16(13)25-17(19(20,21)22)15(11-23-25)24-18(26)27-12-14-8-3-2-4-9-14/h2-11H,12H2,1H3,(H,24,26). The number of nitrogens with zero attached hydrogens (tertiary/aromatic N) is 2. The van der Waals surface area contributed by atoms with E-state index >= 15 is 0 Å². The van der Waals surface area contributed by atoms with Crippen LogP contribution in [-0.2, 0) is 17.5 Å². The minimum atomic E-state index is -4.72. The molecule has 0 aliphatic heterocycles. The first-order valence-electron chi connectivity index (χ1n) is 8.05. The summed E-state index contributed by atoms with van der Waals surface area (Å²) in [5, 5.41) is 5.94. The van der Waals surface area contributed by atoms with Gasteiger partial charge in [0.1, 0.15) is 6.61 Å². The van der Waals surface area contributed by atoms with Crippen LogP contribution in [-0.4, -0.2) is 15.9 Å². The summed E-state index contributed by atoms with van der Waals surface area (Å²) in [6.45, 7) is 1.62. The smallest absolute Gasteiger partial charge is 0.435 e. The van der Waals surface area contributed by atoms with E-state index in [9.17, 15) is 18.0 Å². The Morgan fingerprint density at radius 2 is 1.78 bits per heavy atom. The number of aromatic nitrogens is 2. The first kappa shape index (κ1) is 18.5. The van der Waals surface area contributed by atoms with E-state index in [1.165, 1.54) is 6.07 Å². The van der Waals surface area contributed by atoms with E-state index < -0.39 is 23.7 Å². The normalized spacial score (nSPS) is 11.3. The number of anilines is 1. The van der Waals surface area contributed by atoms with Gasteiger partial charge in [-0.3, -0.25) is 5.32 Å². The number of aryl methyl sites for hydroxylation is 1. The van der Waals surface area contributed by atoms with Crippen LogP contribution >= 0.6 is 0 Å². The number of nitrogens with one attached hydrogen (secondary N) is 1. The quantitative estimate of drug-likeness (QED) is 0.702. The minimum Gasteiger partial charge on any atom is -0.444 e. The zero-order valence-corrected chi connectivity index (χ0v) is 14.3. The van der Waals surface area contributed by atoms with Crippen LogP contribution in [0.5, 0.6) is 0 Å². The molecule has 3 aromatic rings. The summed E-state index contributed by atoms with van der Waals surface area (Å²) in [7, 11) is 0. The summed E-state index contributed by atoms with van der Waals surface area (Å²) in [4.78, 5) is 11.9. The molecule has 140 valence electrons. The van der Waals surface area contributed by atoms with E-state index in [2.05, 4.69) is 10.4 Å². The molecule has 1 heterocycles. The molecule has 0 fully saturated rings. The Morgan fingerprint density at radius 3 is 2.44 bits per heavy atom. The summed E-state index contributed by atoms with van der Waals surface area (Å²) in [6.07, 6.45) is -4.76. The van der Waals surface area contributed by atoms with Crippen LogP contribution in [0.1, 0.15) is 16.8 Å². The molecule has 1 aromatic heterocycles. The molecular weight excluding hydrogens is 359 g/mol. The predicted octanol–water partition coefficient (Wildman–Crippen LogP) is 4.95. The molecular formula is C19H16F3N3O2. The van der Waals surface area contributed by atoms with Crippen molar-refractivity contribution in [2.45, 2.75) is 19.7 Å². The molecule has 0 aliphatic carbocycles. The number of carbonyl (C=O) groups excluding carboxylic acids is 1. The van der Waals surface area contributed by atoms with Gasteiger partial charge in [0.25, 0.3) is 0 Å². The number of alkyl halides is 3. The molecule has 0 unspecified atom stereocenters. The van der Waals surface area contributed by atoms with Crippen LogP contribution < -0.4 is 5.32 Å². The Balaban J connectivity index is 1.83. The number of carbonyl (C=O) groups is 1. The van der Waals surface area contributed by atoms with Crippen molar-refractivity contribution in [3.8, 4) is 5.69 Å². The third-order valence-electron chi connectivity index (χ3n) is 3.83. The second kappa shape index (κ2) is 7.53. The molecule has 27 heavy (non-hydrogen) atoms. The third-order valence-corrected chi connectivity index (χ3v) is 3.83. The highest BCUT2D eigenvalue weighted by molar-refractivity contribution is 5.85. The Labute approximate surface area is 153 Å². The summed E-state index contributed by atoms with van der Waals surface area (Å²) in [5.41, 5.74) is 0.0661. The second-order valence-electron chi connectivity index (χ2n) is 5.79. The molecule has 1 amide bonds. The number of rotatable bonds is 4. The number of amides is 1. The van der Waals surface area contributed by atoms with Gasteiger partial charge < -0.3 is 4.74 Å². The fourth-order valence-corrected chi connectivity index (χ4v) is 2.57. The number of hydrogen-bond acceptors (Lipinski definition) is 3. The Hall–Kier alpha value is -3.29. The number of benzene rings is 2. The fourth-order valence-electron chi connectivity index (χ4n) is 2.57. The molecule has 0 spiro atoms. The van der Waals surface area contributed by atoms with E-state index in [0.29, 0.717) is 5.56 Å². The second-order valence-corrected chi connectivity index (χ2v) is 5.79. The van der Waals surface area contributed by atoms with Crippen LogP contribution in [0.15, 0.2) is 60.8 Å². The zero-order chi connectivity index (χ0) is 19.4. The lowest BCUT2D eigenvalue weighted by Gasteiger charge is -2.14. The molecule has 0 saturated carbocycles. The maximum Gasteiger partial charge on any atom is 0.435 e. The Bertz CT molecular complexity index is 937. The summed E-state index contributed by atoms with van der Waals surface area (Å²) >= 11 is 0. The number of ether oxygens (including phenoxy) is 1. The van der Waals surface area contributed by atoms with Crippen LogP contribution in [0.3, 0.4) is 0 Å².